The molecule has 1 aromatic heterocycles. The molecule has 1 amide bonds. The summed E-state index contributed by atoms with van der Waals surface area (Å²) >= 11 is 6.13. The number of carbonyl (C=O) groups is 1. The molecule has 0 unspecified atom stereocenters. The summed E-state index contributed by atoms with van der Waals surface area (Å²) in [4.78, 5) is 12.4. The SMILES string of the molecule is COc1cc(C(=O)Nc2ccc3[nH]ncc3c2)cc(Cl)c1OC. The lowest BCUT2D eigenvalue weighted by atomic mass is 10.1. The maximum atomic E-state index is 12.4. The molecule has 0 saturated heterocycles. The largest absolute Gasteiger partial charge is 0.493 e. The van der Waals surface area contributed by atoms with Gasteiger partial charge in [-0.2, -0.15) is 5.10 Å². The molecule has 0 bridgehead atoms. The van der Waals surface area contributed by atoms with Gasteiger partial charge in [0, 0.05) is 16.6 Å². The Bertz CT molecular complexity index is 876. The number of hydrogen-bond donors (Lipinski definition) is 2. The molecule has 0 spiro atoms. The molecule has 0 saturated carbocycles. The fourth-order valence-electron chi connectivity index (χ4n) is 2.27. The van der Waals surface area contributed by atoms with Gasteiger partial charge in [0.2, 0.25) is 0 Å². The second-order valence-corrected chi connectivity index (χ2v) is 5.23. The van der Waals surface area contributed by atoms with E-state index in [2.05, 4.69) is 15.5 Å². The number of anilines is 1. The van der Waals surface area contributed by atoms with Crippen molar-refractivity contribution in [2.75, 3.05) is 19.5 Å². The summed E-state index contributed by atoms with van der Waals surface area (Å²) in [7, 11) is 2.98. The molecular formula is C16H14ClN3O3. The quantitative estimate of drug-likeness (QED) is 0.767. The van der Waals surface area contributed by atoms with Crippen LogP contribution in [0.15, 0.2) is 36.5 Å². The van der Waals surface area contributed by atoms with Gasteiger partial charge < -0.3 is 14.8 Å². The van der Waals surface area contributed by atoms with Crippen molar-refractivity contribution >= 4 is 34.1 Å². The summed E-state index contributed by atoms with van der Waals surface area (Å²) in [5.41, 5.74) is 1.94. The Morgan fingerprint density at radius 3 is 2.78 bits per heavy atom. The Labute approximate surface area is 137 Å². The molecule has 0 atom stereocenters. The molecule has 0 fully saturated rings. The van der Waals surface area contributed by atoms with Crippen molar-refractivity contribution in [2.45, 2.75) is 0 Å². The summed E-state index contributed by atoms with van der Waals surface area (Å²) in [6.07, 6.45) is 1.69. The fourth-order valence-corrected chi connectivity index (χ4v) is 2.56. The lowest BCUT2D eigenvalue weighted by Gasteiger charge is -2.12. The van der Waals surface area contributed by atoms with E-state index in [0.717, 1.165) is 10.9 Å². The van der Waals surface area contributed by atoms with Gasteiger partial charge in [0.1, 0.15) is 0 Å². The first-order valence-corrected chi connectivity index (χ1v) is 7.16. The standard InChI is InChI=1S/C16H14ClN3O3/c1-22-14-7-9(6-12(17)15(14)23-2)16(21)19-11-3-4-13-10(5-11)8-18-20-13/h3-8H,1-2H3,(H,18,20)(H,19,21). The van der Waals surface area contributed by atoms with Crippen LogP contribution in [0.25, 0.3) is 10.9 Å². The number of hydrogen-bond acceptors (Lipinski definition) is 4. The van der Waals surface area contributed by atoms with Crippen LogP contribution in [-0.4, -0.2) is 30.3 Å². The van der Waals surface area contributed by atoms with Crippen LogP contribution in [0, 0.1) is 0 Å². The zero-order valence-electron chi connectivity index (χ0n) is 12.5. The van der Waals surface area contributed by atoms with E-state index in [1.54, 1.807) is 18.3 Å². The third-order valence-electron chi connectivity index (χ3n) is 3.39. The molecular weight excluding hydrogens is 318 g/mol. The number of nitrogens with one attached hydrogen (secondary N) is 2. The first-order chi connectivity index (χ1) is 11.1. The van der Waals surface area contributed by atoms with Crippen LogP contribution < -0.4 is 14.8 Å². The maximum absolute atomic E-state index is 12.4. The van der Waals surface area contributed by atoms with Gasteiger partial charge in [-0.15, -0.1) is 0 Å². The molecule has 7 heteroatoms. The smallest absolute Gasteiger partial charge is 0.255 e. The number of ether oxygens (including phenoxy) is 2. The van der Waals surface area contributed by atoms with Crippen LogP contribution in [0.1, 0.15) is 10.4 Å². The number of aromatic nitrogens is 2. The Balaban J connectivity index is 1.89. The normalized spacial score (nSPS) is 10.6. The average Bonchev–Trinajstić information content (AvgIpc) is 3.01. The number of methoxy groups -OCH3 is 2. The minimum absolute atomic E-state index is 0.296. The van der Waals surface area contributed by atoms with E-state index in [9.17, 15) is 4.79 Å². The van der Waals surface area contributed by atoms with Crippen molar-refractivity contribution in [1.82, 2.24) is 10.2 Å². The van der Waals surface area contributed by atoms with Gasteiger partial charge in [-0.05, 0) is 30.3 Å². The number of H-pyrrole nitrogens is 1. The summed E-state index contributed by atoms with van der Waals surface area (Å²) in [5, 5.41) is 10.8. The Morgan fingerprint density at radius 2 is 2.04 bits per heavy atom. The monoisotopic (exact) mass is 331 g/mol. The second kappa shape index (κ2) is 6.18. The molecule has 0 aliphatic heterocycles. The summed E-state index contributed by atoms with van der Waals surface area (Å²) < 4.78 is 10.4. The number of rotatable bonds is 4. The van der Waals surface area contributed by atoms with Crippen LogP contribution in [0.5, 0.6) is 11.5 Å². The predicted octanol–water partition coefficient (Wildman–Crippen LogP) is 3.49. The van der Waals surface area contributed by atoms with Gasteiger partial charge in [0.25, 0.3) is 5.91 Å². The third kappa shape index (κ3) is 2.93. The fraction of sp³-hybridized carbons (Fsp3) is 0.125. The zero-order chi connectivity index (χ0) is 16.4. The summed E-state index contributed by atoms with van der Waals surface area (Å²) in [5.74, 6) is 0.497. The molecule has 2 N–H and O–H groups in total. The molecule has 1 heterocycles. The average molecular weight is 332 g/mol. The molecule has 3 aromatic rings. The number of aromatic amines is 1. The van der Waals surface area contributed by atoms with Crippen LogP contribution in [0.3, 0.4) is 0 Å². The molecule has 118 valence electrons. The predicted molar refractivity (Wildman–Crippen MR) is 88.6 cm³/mol. The minimum atomic E-state index is -0.296. The first-order valence-electron chi connectivity index (χ1n) is 6.78. The topological polar surface area (TPSA) is 76.2 Å². The Hall–Kier alpha value is -2.73. The minimum Gasteiger partial charge on any atom is -0.493 e. The lowest BCUT2D eigenvalue weighted by molar-refractivity contribution is 0.102. The van der Waals surface area contributed by atoms with Gasteiger partial charge >= 0.3 is 0 Å². The van der Waals surface area contributed by atoms with E-state index < -0.39 is 0 Å². The van der Waals surface area contributed by atoms with Gasteiger partial charge in [0.15, 0.2) is 11.5 Å². The highest BCUT2D eigenvalue weighted by Gasteiger charge is 2.15. The van der Waals surface area contributed by atoms with Crippen LogP contribution >= 0.6 is 11.6 Å². The van der Waals surface area contributed by atoms with E-state index in [-0.39, 0.29) is 5.91 Å². The molecule has 3 rings (SSSR count). The molecule has 0 aliphatic carbocycles. The number of carbonyl (C=O) groups excluding carboxylic acids is 1. The first kappa shape index (κ1) is 15.2. The van der Waals surface area contributed by atoms with Crippen LogP contribution in [0.4, 0.5) is 5.69 Å². The molecule has 6 nitrogen and oxygen atoms in total. The van der Waals surface area contributed by atoms with Gasteiger partial charge in [-0.1, -0.05) is 11.6 Å². The van der Waals surface area contributed by atoms with E-state index >= 15 is 0 Å². The Morgan fingerprint density at radius 1 is 1.22 bits per heavy atom. The molecule has 0 aliphatic rings. The van der Waals surface area contributed by atoms with Gasteiger partial charge in [-0.25, -0.2) is 0 Å². The van der Waals surface area contributed by atoms with E-state index in [4.69, 9.17) is 21.1 Å². The highest BCUT2D eigenvalue weighted by atomic mass is 35.5. The zero-order valence-corrected chi connectivity index (χ0v) is 13.3. The van der Waals surface area contributed by atoms with Crippen molar-refractivity contribution in [3.8, 4) is 11.5 Å². The Kier molecular flexibility index (Phi) is 4.08. The number of benzene rings is 2. The number of amides is 1. The van der Waals surface area contributed by atoms with Gasteiger partial charge in [-0.3, -0.25) is 9.89 Å². The molecule has 0 radical (unpaired) electrons. The van der Waals surface area contributed by atoms with Crippen LogP contribution in [-0.2, 0) is 0 Å². The third-order valence-corrected chi connectivity index (χ3v) is 3.67. The maximum Gasteiger partial charge on any atom is 0.255 e. The van der Waals surface area contributed by atoms with E-state index in [1.165, 1.54) is 20.3 Å². The summed E-state index contributed by atoms with van der Waals surface area (Å²) in [6.45, 7) is 0. The second-order valence-electron chi connectivity index (χ2n) is 4.82. The van der Waals surface area contributed by atoms with E-state index in [0.29, 0.717) is 27.8 Å². The lowest BCUT2D eigenvalue weighted by Crippen LogP contribution is -2.12. The van der Waals surface area contributed by atoms with E-state index in [1.807, 2.05) is 12.1 Å². The van der Waals surface area contributed by atoms with Crippen molar-refractivity contribution in [3.05, 3.63) is 47.1 Å². The highest BCUT2D eigenvalue weighted by molar-refractivity contribution is 6.32. The van der Waals surface area contributed by atoms with Crippen molar-refractivity contribution in [1.29, 1.82) is 0 Å². The van der Waals surface area contributed by atoms with Crippen LogP contribution in [0.2, 0.25) is 5.02 Å². The van der Waals surface area contributed by atoms with Crippen molar-refractivity contribution < 1.29 is 14.3 Å². The summed E-state index contributed by atoms with van der Waals surface area (Å²) in [6, 6.07) is 8.59. The number of halogens is 1. The molecule has 2 aromatic carbocycles. The van der Waals surface area contributed by atoms with Crippen molar-refractivity contribution in [2.24, 2.45) is 0 Å². The highest BCUT2D eigenvalue weighted by Crippen LogP contribution is 2.36. The van der Waals surface area contributed by atoms with Crippen molar-refractivity contribution in [3.63, 3.8) is 0 Å². The number of fused-ring (bicyclic) bond motifs is 1. The molecule has 23 heavy (non-hydrogen) atoms. The number of nitrogens with zero attached hydrogens (tertiary/aromatic N) is 1. The van der Waals surface area contributed by atoms with Gasteiger partial charge in [0.05, 0.1) is 31.0 Å².